The summed E-state index contributed by atoms with van der Waals surface area (Å²) in [4.78, 5) is 0. The minimum atomic E-state index is -0.512. The summed E-state index contributed by atoms with van der Waals surface area (Å²) in [6.07, 6.45) is -1.90. The standard InChI is InChI=1S/C20H24O5/c21-11-17-19(23-13-15-7-3-1-4-8-15)20(18(12-22)25-17)24-14-16-9-5-2-6-10-16/h1-10,17-22H,11-14H2/t17-,18-,19+,20+/m0/s1. The van der Waals surface area contributed by atoms with E-state index < -0.39 is 24.4 Å². The maximum Gasteiger partial charge on any atom is 0.115 e. The average Bonchev–Trinajstić information content (AvgIpc) is 3.03. The van der Waals surface area contributed by atoms with Crippen molar-refractivity contribution in [2.45, 2.75) is 37.6 Å². The minimum Gasteiger partial charge on any atom is -0.394 e. The molecule has 2 aromatic carbocycles. The second-order valence-electron chi connectivity index (χ2n) is 6.10. The molecule has 2 aromatic rings. The van der Waals surface area contributed by atoms with Gasteiger partial charge in [-0.3, -0.25) is 0 Å². The zero-order valence-corrected chi connectivity index (χ0v) is 14.0. The van der Waals surface area contributed by atoms with Gasteiger partial charge in [-0.1, -0.05) is 60.7 Å². The van der Waals surface area contributed by atoms with Crippen LogP contribution in [0.2, 0.25) is 0 Å². The van der Waals surface area contributed by atoms with E-state index in [1.807, 2.05) is 60.7 Å². The Morgan fingerprint density at radius 1 is 0.680 bits per heavy atom. The van der Waals surface area contributed by atoms with E-state index in [1.165, 1.54) is 0 Å². The number of aliphatic hydroxyl groups excluding tert-OH is 2. The van der Waals surface area contributed by atoms with Gasteiger partial charge in [0, 0.05) is 0 Å². The molecule has 0 saturated carbocycles. The monoisotopic (exact) mass is 344 g/mol. The molecule has 0 aliphatic carbocycles. The first-order valence-corrected chi connectivity index (χ1v) is 8.50. The van der Waals surface area contributed by atoms with E-state index >= 15 is 0 Å². The van der Waals surface area contributed by atoms with Crippen molar-refractivity contribution in [3.63, 3.8) is 0 Å². The zero-order chi connectivity index (χ0) is 17.5. The van der Waals surface area contributed by atoms with Crippen molar-refractivity contribution in [1.82, 2.24) is 0 Å². The van der Waals surface area contributed by atoms with Crippen molar-refractivity contribution in [3.8, 4) is 0 Å². The van der Waals surface area contributed by atoms with E-state index in [0.29, 0.717) is 13.2 Å². The molecule has 3 rings (SSSR count). The summed E-state index contributed by atoms with van der Waals surface area (Å²) in [7, 11) is 0. The lowest BCUT2D eigenvalue weighted by molar-refractivity contribution is -0.0856. The van der Waals surface area contributed by atoms with E-state index in [1.54, 1.807) is 0 Å². The van der Waals surface area contributed by atoms with Crippen molar-refractivity contribution in [3.05, 3.63) is 71.8 Å². The highest BCUT2D eigenvalue weighted by molar-refractivity contribution is 5.14. The molecule has 0 radical (unpaired) electrons. The molecule has 0 bridgehead atoms. The summed E-state index contributed by atoms with van der Waals surface area (Å²) in [5, 5.41) is 19.2. The predicted molar refractivity (Wildman–Crippen MR) is 92.9 cm³/mol. The zero-order valence-electron chi connectivity index (χ0n) is 14.0. The lowest BCUT2D eigenvalue weighted by Crippen LogP contribution is -2.39. The third kappa shape index (κ3) is 4.66. The maximum absolute atomic E-state index is 9.61. The molecule has 0 aromatic heterocycles. The summed E-state index contributed by atoms with van der Waals surface area (Å²) < 4.78 is 17.7. The molecule has 1 heterocycles. The van der Waals surface area contributed by atoms with Gasteiger partial charge < -0.3 is 24.4 Å². The molecule has 1 saturated heterocycles. The third-order valence-corrected chi connectivity index (χ3v) is 4.34. The Balaban J connectivity index is 1.66. The number of rotatable bonds is 8. The lowest BCUT2D eigenvalue weighted by Gasteiger charge is -2.24. The summed E-state index contributed by atoms with van der Waals surface area (Å²) in [6, 6.07) is 19.6. The van der Waals surface area contributed by atoms with Crippen molar-refractivity contribution in [2.24, 2.45) is 0 Å². The molecule has 1 aliphatic rings. The number of aliphatic hydroxyl groups is 2. The molecule has 5 heteroatoms. The van der Waals surface area contributed by atoms with Crippen molar-refractivity contribution in [1.29, 1.82) is 0 Å². The van der Waals surface area contributed by atoms with Gasteiger partial charge in [0.25, 0.3) is 0 Å². The minimum absolute atomic E-state index is 0.179. The van der Waals surface area contributed by atoms with Gasteiger partial charge >= 0.3 is 0 Å². The summed E-state index contributed by atoms with van der Waals surface area (Å²) in [5.74, 6) is 0. The molecular weight excluding hydrogens is 320 g/mol. The Bertz CT molecular complexity index is 563. The Hall–Kier alpha value is -1.76. The van der Waals surface area contributed by atoms with Crippen LogP contribution in [0.3, 0.4) is 0 Å². The van der Waals surface area contributed by atoms with Crippen LogP contribution in [0.5, 0.6) is 0 Å². The molecule has 1 aliphatic heterocycles. The van der Waals surface area contributed by atoms with Crippen molar-refractivity contribution in [2.75, 3.05) is 13.2 Å². The molecule has 0 unspecified atom stereocenters. The fraction of sp³-hybridized carbons (Fsp3) is 0.400. The van der Waals surface area contributed by atoms with Crippen LogP contribution in [0, 0.1) is 0 Å². The number of ether oxygens (including phenoxy) is 3. The quantitative estimate of drug-likeness (QED) is 0.766. The van der Waals surface area contributed by atoms with Gasteiger partial charge in [0.1, 0.15) is 24.4 Å². The van der Waals surface area contributed by atoms with Gasteiger partial charge in [-0.05, 0) is 11.1 Å². The third-order valence-electron chi connectivity index (χ3n) is 4.34. The first-order chi connectivity index (χ1) is 12.3. The SMILES string of the molecule is OC[C@@H]1O[C@@H](CO)[C@@H](OCc2ccccc2)[C@@H]1OCc1ccccc1. The Morgan fingerprint density at radius 3 is 1.44 bits per heavy atom. The van der Waals surface area contributed by atoms with Crippen LogP contribution in [0.1, 0.15) is 11.1 Å². The van der Waals surface area contributed by atoms with Gasteiger partial charge in [0.15, 0.2) is 0 Å². The molecular formula is C20H24O5. The van der Waals surface area contributed by atoms with E-state index in [0.717, 1.165) is 11.1 Å². The first kappa shape index (κ1) is 18.0. The van der Waals surface area contributed by atoms with Crippen LogP contribution < -0.4 is 0 Å². The second kappa shape index (κ2) is 9.08. The van der Waals surface area contributed by atoms with Gasteiger partial charge in [0.05, 0.1) is 26.4 Å². The summed E-state index contributed by atoms with van der Waals surface area (Å²) in [6.45, 7) is 0.436. The first-order valence-electron chi connectivity index (χ1n) is 8.50. The largest absolute Gasteiger partial charge is 0.394 e. The Kier molecular flexibility index (Phi) is 6.55. The van der Waals surface area contributed by atoms with Crippen molar-refractivity contribution >= 4 is 0 Å². The van der Waals surface area contributed by atoms with E-state index in [9.17, 15) is 10.2 Å². The Labute approximate surface area is 147 Å². The fourth-order valence-electron chi connectivity index (χ4n) is 3.03. The molecule has 0 amide bonds. The molecule has 4 atom stereocenters. The highest BCUT2D eigenvalue weighted by Gasteiger charge is 2.45. The lowest BCUT2D eigenvalue weighted by atomic mass is 10.1. The number of benzene rings is 2. The van der Waals surface area contributed by atoms with Crippen LogP contribution in [0.15, 0.2) is 60.7 Å². The van der Waals surface area contributed by atoms with E-state index in [4.69, 9.17) is 14.2 Å². The average molecular weight is 344 g/mol. The summed E-state index contributed by atoms with van der Waals surface area (Å²) >= 11 is 0. The molecule has 25 heavy (non-hydrogen) atoms. The molecule has 134 valence electrons. The number of hydrogen-bond acceptors (Lipinski definition) is 5. The topological polar surface area (TPSA) is 68.2 Å². The van der Waals surface area contributed by atoms with E-state index in [2.05, 4.69) is 0 Å². The predicted octanol–water partition coefficient (Wildman–Crippen LogP) is 1.91. The van der Waals surface area contributed by atoms with Gasteiger partial charge in [-0.25, -0.2) is 0 Å². The Morgan fingerprint density at radius 2 is 1.08 bits per heavy atom. The van der Waals surface area contributed by atoms with Crippen LogP contribution in [0.4, 0.5) is 0 Å². The highest BCUT2D eigenvalue weighted by atomic mass is 16.6. The highest BCUT2D eigenvalue weighted by Crippen LogP contribution is 2.28. The van der Waals surface area contributed by atoms with E-state index in [-0.39, 0.29) is 13.2 Å². The molecule has 1 fully saturated rings. The molecule has 5 nitrogen and oxygen atoms in total. The van der Waals surface area contributed by atoms with Crippen molar-refractivity contribution < 1.29 is 24.4 Å². The normalized spacial score (nSPS) is 26.0. The van der Waals surface area contributed by atoms with Crippen LogP contribution in [0.25, 0.3) is 0 Å². The van der Waals surface area contributed by atoms with Gasteiger partial charge in [0.2, 0.25) is 0 Å². The molecule has 2 N–H and O–H groups in total. The fourth-order valence-corrected chi connectivity index (χ4v) is 3.03. The summed E-state index contributed by atoms with van der Waals surface area (Å²) in [5.41, 5.74) is 2.07. The van der Waals surface area contributed by atoms with Gasteiger partial charge in [-0.15, -0.1) is 0 Å². The number of hydrogen-bond donors (Lipinski definition) is 2. The van der Waals surface area contributed by atoms with Gasteiger partial charge in [-0.2, -0.15) is 0 Å². The maximum atomic E-state index is 9.61. The van der Waals surface area contributed by atoms with Crippen LogP contribution in [-0.4, -0.2) is 47.8 Å². The smallest absolute Gasteiger partial charge is 0.115 e. The van der Waals surface area contributed by atoms with Crippen LogP contribution in [-0.2, 0) is 27.4 Å². The second-order valence-corrected chi connectivity index (χ2v) is 6.10. The van der Waals surface area contributed by atoms with Crippen LogP contribution >= 0.6 is 0 Å². The molecule has 0 spiro atoms.